The molecule has 1 N–H and O–H groups in total. The molecule has 1 rings (SSSR count). The molecule has 0 aliphatic heterocycles. The maximum atomic E-state index is 13.0. The van der Waals surface area contributed by atoms with E-state index >= 15 is 0 Å². The van der Waals surface area contributed by atoms with E-state index in [0.717, 1.165) is 18.7 Å². The van der Waals surface area contributed by atoms with Crippen LogP contribution in [0.5, 0.6) is 0 Å². The summed E-state index contributed by atoms with van der Waals surface area (Å²) in [6, 6.07) is 5.02. The molecule has 0 saturated carbocycles. The molecule has 0 amide bonds. The van der Waals surface area contributed by atoms with Crippen molar-refractivity contribution in [1.29, 1.82) is 0 Å². The van der Waals surface area contributed by atoms with Gasteiger partial charge < -0.3 is 5.32 Å². The van der Waals surface area contributed by atoms with Crippen molar-refractivity contribution < 1.29 is 4.39 Å². The Labute approximate surface area is 98.5 Å². The van der Waals surface area contributed by atoms with E-state index in [-0.39, 0.29) is 5.82 Å². The number of hydrogen-bond donors (Lipinski definition) is 1. The van der Waals surface area contributed by atoms with Crippen molar-refractivity contribution in [3.8, 4) is 0 Å². The molecule has 15 heavy (non-hydrogen) atoms. The van der Waals surface area contributed by atoms with Crippen LogP contribution in [0.25, 0.3) is 6.08 Å². The third-order valence-corrected chi connectivity index (χ3v) is 2.62. The first-order valence-corrected chi connectivity index (χ1v) is 5.75. The summed E-state index contributed by atoms with van der Waals surface area (Å²) in [5, 5.41) is 3.24. The van der Waals surface area contributed by atoms with Gasteiger partial charge in [-0.15, -0.1) is 0 Å². The highest BCUT2D eigenvalue weighted by atomic mass is 79.9. The molecule has 0 radical (unpaired) electrons. The summed E-state index contributed by atoms with van der Waals surface area (Å²) in [6.45, 7) is 5.95. The monoisotopic (exact) mass is 271 g/mol. The Bertz CT molecular complexity index is 361. The van der Waals surface area contributed by atoms with E-state index < -0.39 is 0 Å². The summed E-state index contributed by atoms with van der Waals surface area (Å²) in [7, 11) is 0. The Morgan fingerprint density at radius 3 is 2.87 bits per heavy atom. The second-order valence-corrected chi connectivity index (χ2v) is 4.30. The van der Waals surface area contributed by atoms with E-state index in [1.807, 2.05) is 6.08 Å². The first kappa shape index (κ1) is 12.4. The van der Waals surface area contributed by atoms with Crippen molar-refractivity contribution in [3.05, 3.63) is 39.6 Å². The van der Waals surface area contributed by atoms with E-state index in [2.05, 4.69) is 35.1 Å². The van der Waals surface area contributed by atoms with Gasteiger partial charge in [0.25, 0.3) is 0 Å². The summed E-state index contributed by atoms with van der Waals surface area (Å²) in [6.07, 6.45) is 2.05. The molecule has 82 valence electrons. The second-order valence-electron chi connectivity index (χ2n) is 3.44. The Morgan fingerprint density at radius 1 is 1.53 bits per heavy atom. The Balaban J connectivity index is 2.75. The van der Waals surface area contributed by atoms with Crippen molar-refractivity contribution >= 4 is 22.0 Å². The quantitative estimate of drug-likeness (QED) is 0.883. The highest BCUT2D eigenvalue weighted by Crippen LogP contribution is 2.18. The molecule has 0 bridgehead atoms. The van der Waals surface area contributed by atoms with Gasteiger partial charge in [0.15, 0.2) is 0 Å². The second kappa shape index (κ2) is 6.03. The van der Waals surface area contributed by atoms with Crippen LogP contribution in [0.4, 0.5) is 4.39 Å². The van der Waals surface area contributed by atoms with Gasteiger partial charge in [0.05, 0.1) is 4.47 Å². The molecule has 0 heterocycles. The molecular weight excluding hydrogens is 257 g/mol. The average molecular weight is 272 g/mol. The number of hydrogen-bond acceptors (Lipinski definition) is 1. The normalized spacial score (nSPS) is 11.9. The molecule has 0 fully saturated rings. The van der Waals surface area contributed by atoms with E-state index in [1.54, 1.807) is 12.1 Å². The van der Waals surface area contributed by atoms with Gasteiger partial charge in [-0.25, -0.2) is 4.39 Å². The van der Waals surface area contributed by atoms with Gasteiger partial charge in [0.1, 0.15) is 5.82 Å². The largest absolute Gasteiger partial charge is 0.313 e. The standard InChI is InChI=1S/C12H15BrFN/c1-3-15-8-9(2)6-10-4-5-12(14)11(13)7-10/h4-7,15H,3,8H2,1-2H3. The van der Waals surface area contributed by atoms with Gasteiger partial charge in [-0.2, -0.15) is 0 Å². The van der Waals surface area contributed by atoms with E-state index in [1.165, 1.54) is 11.6 Å². The highest BCUT2D eigenvalue weighted by Gasteiger charge is 1.98. The maximum Gasteiger partial charge on any atom is 0.137 e. The van der Waals surface area contributed by atoms with Gasteiger partial charge in [-0.3, -0.25) is 0 Å². The van der Waals surface area contributed by atoms with Crippen molar-refractivity contribution in [2.24, 2.45) is 0 Å². The van der Waals surface area contributed by atoms with Crippen LogP contribution in [-0.2, 0) is 0 Å². The number of rotatable bonds is 4. The fourth-order valence-electron chi connectivity index (χ4n) is 1.26. The van der Waals surface area contributed by atoms with Crippen molar-refractivity contribution in [3.63, 3.8) is 0 Å². The molecule has 0 aromatic heterocycles. The molecule has 0 atom stereocenters. The number of halogens is 2. The fourth-order valence-corrected chi connectivity index (χ4v) is 1.66. The first-order valence-electron chi connectivity index (χ1n) is 4.96. The lowest BCUT2D eigenvalue weighted by atomic mass is 10.1. The predicted molar refractivity (Wildman–Crippen MR) is 66.3 cm³/mol. The molecule has 0 aliphatic rings. The summed E-state index contributed by atoms with van der Waals surface area (Å²) in [5.41, 5.74) is 2.24. The molecule has 0 spiro atoms. The van der Waals surface area contributed by atoms with Gasteiger partial charge in [0.2, 0.25) is 0 Å². The van der Waals surface area contributed by atoms with Crippen molar-refractivity contribution in [1.82, 2.24) is 5.32 Å². The average Bonchev–Trinajstić information content (AvgIpc) is 2.20. The van der Waals surface area contributed by atoms with Gasteiger partial charge in [0, 0.05) is 6.54 Å². The number of likely N-dealkylation sites (N-methyl/N-ethyl adjacent to an activating group) is 1. The molecule has 1 aromatic carbocycles. The molecule has 1 aromatic rings. The topological polar surface area (TPSA) is 12.0 Å². The van der Waals surface area contributed by atoms with Crippen molar-refractivity contribution in [2.45, 2.75) is 13.8 Å². The third kappa shape index (κ3) is 4.14. The minimum Gasteiger partial charge on any atom is -0.313 e. The molecule has 3 heteroatoms. The van der Waals surface area contributed by atoms with Gasteiger partial charge >= 0.3 is 0 Å². The summed E-state index contributed by atoms with van der Waals surface area (Å²) in [4.78, 5) is 0. The van der Waals surface area contributed by atoms with Crippen LogP contribution in [0.3, 0.4) is 0 Å². The molecular formula is C12H15BrFN. The van der Waals surface area contributed by atoms with Crippen LogP contribution >= 0.6 is 15.9 Å². The van der Waals surface area contributed by atoms with Crippen LogP contribution < -0.4 is 5.32 Å². The Kier molecular flexibility index (Phi) is 4.99. The molecule has 1 nitrogen and oxygen atoms in total. The van der Waals surface area contributed by atoms with E-state index in [9.17, 15) is 4.39 Å². The Morgan fingerprint density at radius 2 is 2.27 bits per heavy atom. The zero-order chi connectivity index (χ0) is 11.3. The zero-order valence-electron chi connectivity index (χ0n) is 8.98. The summed E-state index contributed by atoms with van der Waals surface area (Å²) >= 11 is 3.17. The predicted octanol–water partition coefficient (Wildman–Crippen LogP) is 3.60. The summed E-state index contributed by atoms with van der Waals surface area (Å²) in [5.74, 6) is -0.225. The lowest BCUT2D eigenvalue weighted by molar-refractivity contribution is 0.621. The van der Waals surface area contributed by atoms with Crippen LogP contribution in [0.15, 0.2) is 28.2 Å². The lowest BCUT2D eigenvalue weighted by Gasteiger charge is -2.02. The van der Waals surface area contributed by atoms with Gasteiger partial charge in [-0.1, -0.05) is 24.6 Å². The van der Waals surface area contributed by atoms with E-state index in [4.69, 9.17) is 0 Å². The van der Waals surface area contributed by atoms with Crippen LogP contribution in [0, 0.1) is 5.82 Å². The van der Waals surface area contributed by atoms with E-state index in [0.29, 0.717) is 4.47 Å². The molecule has 0 unspecified atom stereocenters. The zero-order valence-corrected chi connectivity index (χ0v) is 10.6. The molecule has 0 saturated heterocycles. The minimum absolute atomic E-state index is 0.225. The number of nitrogens with one attached hydrogen (secondary N) is 1. The van der Waals surface area contributed by atoms with Crippen LogP contribution in [0.2, 0.25) is 0 Å². The van der Waals surface area contributed by atoms with Crippen LogP contribution in [-0.4, -0.2) is 13.1 Å². The van der Waals surface area contributed by atoms with Crippen LogP contribution in [0.1, 0.15) is 19.4 Å². The smallest absolute Gasteiger partial charge is 0.137 e. The third-order valence-electron chi connectivity index (χ3n) is 2.01. The maximum absolute atomic E-state index is 13.0. The molecule has 0 aliphatic carbocycles. The first-order chi connectivity index (χ1) is 7.13. The minimum atomic E-state index is -0.225. The SMILES string of the molecule is CCNCC(C)=Cc1ccc(F)c(Br)c1. The highest BCUT2D eigenvalue weighted by molar-refractivity contribution is 9.10. The summed E-state index contributed by atoms with van der Waals surface area (Å²) < 4.78 is 13.5. The lowest BCUT2D eigenvalue weighted by Crippen LogP contribution is -2.14. The van der Waals surface area contributed by atoms with Gasteiger partial charge in [-0.05, 0) is 47.1 Å². The van der Waals surface area contributed by atoms with Crippen molar-refractivity contribution in [2.75, 3.05) is 13.1 Å². The number of benzene rings is 1. The fraction of sp³-hybridized carbons (Fsp3) is 0.333. The Hall–Kier alpha value is -0.670.